The molecule has 0 fully saturated rings. The average Bonchev–Trinajstić information content (AvgIpc) is 2.85. The Kier molecular flexibility index (Phi) is 3.27. The number of rotatable bonds is 1. The Bertz CT molecular complexity index is 918. The first-order valence-corrected chi connectivity index (χ1v) is 8.57. The van der Waals surface area contributed by atoms with Gasteiger partial charge in [0.25, 0.3) is 0 Å². The summed E-state index contributed by atoms with van der Waals surface area (Å²) in [6, 6.07) is 23.5. The van der Waals surface area contributed by atoms with Gasteiger partial charge in [-0.15, -0.1) is 0 Å². The number of benzene rings is 3. The molecule has 0 amide bonds. The molecule has 1 aromatic heterocycles. The Morgan fingerprint density at radius 1 is 0.714 bits per heavy atom. The second kappa shape index (κ2) is 5.14. The van der Waals surface area contributed by atoms with E-state index in [1.54, 1.807) is 0 Å². The highest BCUT2D eigenvalue weighted by Crippen LogP contribution is 2.35. The summed E-state index contributed by atoms with van der Waals surface area (Å²) in [6.45, 7) is 0. The molecule has 0 N–H and O–H groups in total. The van der Waals surface area contributed by atoms with E-state index in [4.69, 9.17) is 0 Å². The van der Waals surface area contributed by atoms with Crippen molar-refractivity contribution in [3.8, 4) is 5.69 Å². The molecule has 0 atom stereocenters. The lowest BCUT2D eigenvalue weighted by atomic mass is 10.2. The minimum absolute atomic E-state index is 1.14. The third-order valence-electron chi connectivity index (χ3n) is 3.75. The van der Waals surface area contributed by atoms with Gasteiger partial charge in [-0.25, -0.2) is 0 Å². The van der Waals surface area contributed by atoms with E-state index in [2.05, 4.69) is 110 Å². The van der Waals surface area contributed by atoms with Crippen LogP contribution in [0.2, 0.25) is 0 Å². The topological polar surface area (TPSA) is 4.93 Å². The normalized spacial score (nSPS) is 11.3. The lowest BCUT2D eigenvalue weighted by molar-refractivity contribution is 1.16. The Morgan fingerprint density at radius 2 is 1.29 bits per heavy atom. The van der Waals surface area contributed by atoms with Gasteiger partial charge in [-0.1, -0.05) is 42.5 Å². The average molecular weight is 448 g/mol. The second-order valence-corrected chi connectivity index (χ2v) is 6.90. The zero-order valence-electron chi connectivity index (χ0n) is 11.1. The molecule has 0 aliphatic carbocycles. The van der Waals surface area contributed by atoms with Crippen molar-refractivity contribution in [2.45, 2.75) is 0 Å². The van der Waals surface area contributed by atoms with Gasteiger partial charge < -0.3 is 4.57 Å². The minimum atomic E-state index is 1.14. The van der Waals surface area contributed by atoms with Gasteiger partial charge >= 0.3 is 0 Å². The predicted octanol–water partition coefficient (Wildman–Crippen LogP) is 6.15. The molecule has 0 aliphatic rings. The van der Waals surface area contributed by atoms with Crippen molar-refractivity contribution >= 4 is 60.3 Å². The highest BCUT2D eigenvalue weighted by molar-refractivity contribution is 14.1. The number of halogens is 2. The van der Waals surface area contributed by atoms with E-state index in [0.717, 1.165) is 4.47 Å². The summed E-state index contributed by atoms with van der Waals surface area (Å²) >= 11 is 6.11. The highest BCUT2D eigenvalue weighted by Gasteiger charge is 2.13. The number of para-hydroxylation sites is 2. The molecule has 0 saturated heterocycles. The fourth-order valence-corrected chi connectivity index (χ4v) is 3.77. The summed E-state index contributed by atoms with van der Waals surface area (Å²) in [5, 5.41) is 2.58. The quantitative estimate of drug-likeness (QED) is 0.308. The summed E-state index contributed by atoms with van der Waals surface area (Å²) in [5.74, 6) is 0. The van der Waals surface area contributed by atoms with E-state index in [1.807, 2.05) is 0 Å². The Hall–Kier alpha value is -1.33. The zero-order valence-corrected chi connectivity index (χ0v) is 14.8. The molecule has 0 spiro atoms. The lowest BCUT2D eigenvalue weighted by Gasteiger charge is -2.11. The third kappa shape index (κ3) is 2.02. The summed E-state index contributed by atoms with van der Waals surface area (Å²) in [4.78, 5) is 0. The van der Waals surface area contributed by atoms with Gasteiger partial charge in [0.15, 0.2) is 0 Å². The van der Waals surface area contributed by atoms with Crippen LogP contribution >= 0.6 is 38.5 Å². The first-order chi connectivity index (χ1) is 10.3. The van der Waals surface area contributed by atoms with Crippen molar-refractivity contribution in [2.75, 3.05) is 0 Å². The maximum absolute atomic E-state index is 3.74. The molecule has 3 heteroatoms. The van der Waals surface area contributed by atoms with E-state index in [-0.39, 0.29) is 0 Å². The summed E-state index contributed by atoms with van der Waals surface area (Å²) in [5.41, 5.74) is 3.65. The van der Waals surface area contributed by atoms with Crippen LogP contribution in [0.25, 0.3) is 27.5 Å². The lowest BCUT2D eigenvalue weighted by Crippen LogP contribution is -1.96. The second-order valence-electron chi connectivity index (χ2n) is 4.94. The van der Waals surface area contributed by atoms with Crippen LogP contribution in [0.5, 0.6) is 0 Å². The van der Waals surface area contributed by atoms with Crippen LogP contribution in [0.3, 0.4) is 0 Å². The van der Waals surface area contributed by atoms with Crippen molar-refractivity contribution in [3.63, 3.8) is 0 Å². The Balaban J connectivity index is 2.23. The SMILES string of the molecule is Brc1c(I)cccc1-n1c2ccccc2c2ccccc21. The fraction of sp³-hybridized carbons (Fsp3) is 0. The summed E-state index contributed by atoms with van der Waals surface area (Å²) in [6.07, 6.45) is 0. The number of hydrogen-bond donors (Lipinski definition) is 0. The number of aromatic nitrogens is 1. The van der Waals surface area contributed by atoms with Crippen molar-refractivity contribution in [3.05, 3.63) is 74.8 Å². The van der Waals surface area contributed by atoms with Crippen LogP contribution in [0.4, 0.5) is 0 Å². The zero-order chi connectivity index (χ0) is 14.4. The highest BCUT2D eigenvalue weighted by atomic mass is 127. The van der Waals surface area contributed by atoms with Crippen molar-refractivity contribution in [1.29, 1.82) is 0 Å². The maximum atomic E-state index is 3.74. The molecule has 3 aromatic carbocycles. The third-order valence-corrected chi connectivity index (χ3v) is 6.23. The first kappa shape index (κ1) is 13.3. The van der Waals surface area contributed by atoms with Crippen molar-refractivity contribution in [2.24, 2.45) is 0 Å². The van der Waals surface area contributed by atoms with Gasteiger partial charge in [-0.2, -0.15) is 0 Å². The molecular formula is C18H11BrIN. The van der Waals surface area contributed by atoms with E-state index in [9.17, 15) is 0 Å². The Morgan fingerprint density at radius 3 is 1.90 bits per heavy atom. The van der Waals surface area contributed by atoms with E-state index < -0.39 is 0 Å². The van der Waals surface area contributed by atoms with Crippen molar-refractivity contribution in [1.82, 2.24) is 4.57 Å². The van der Waals surface area contributed by atoms with Crippen LogP contribution < -0.4 is 0 Å². The van der Waals surface area contributed by atoms with Crippen LogP contribution in [0.15, 0.2) is 71.2 Å². The van der Waals surface area contributed by atoms with E-state index >= 15 is 0 Å². The number of hydrogen-bond acceptors (Lipinski definition) is 0. The largest absolute Gasteiger partial charge is 0.308 e. The predicted molar refractivity (Wildman–Crippen MR) is 101 cm³/mol. The molecule has 1 heterocycles. The molecule has 0 radical (unpaired) electrons. The van der Waals surface area contributed by atoms with Crippen LogP contribution in [-0.4, -0.2) is 4.57 Å². The standard InChI is InChI=1S/C18H11BrIN/c19-18-14(20)8-5-11-17(18)21-15-9-3-1-6-12(15)13-7-2-4-10-16(13)21/h1-11H. The molecule has 0 aliphatic heterocycles. The number of fused-ring (bicyclic) bond motifs is 3. The van der Waals surface area contributed by atoms with Crippen LogP contribution in [-0.2, 0) is 0 Å². The molecule has 1 nitrogen and oxygen atoms in total. The molecule has 102 valence electrons. The molecule has 0 unspecified atom stereocenters. The molecule has 0 saturated carbocycles. The van der Waals surface area contributed by atoms with Gasteiger partial charge in [0, 0.05) is 14.3 Å². The van der Waals surface area contributed by atoms with Crippen LogP contribution in [0.1, 0.15) is 0 Å². The van der Waals surface area contributed by atoms with Gasteiger partial charge in [-0.05, 0) is 62.8 Å². The van der Waals surface area contributed by atoms with Gasteiger partial charge in [0.05, 0.1) is 21.2 Å². The monoisotopic (exact) mass is 447 g/mol. The molecule has 21 heavy (non-hydrogen) atoms. The van der Waals surface area contributed by atoms with E-state index in [1.165, 1.54) is 31.1 Å². The minimum Gasteiger partial charge on any atom is -0.308 e. The maximum Gasteiger partial charge on any atom is 0.0615 e. The first-order valence-electron chi connectivity index (χ1n) is 6.70. The smallest absolute Gasteiger partial charge is 0.0615 e. The molecule has 0 bridgehead atoms. The summed E-state index contributed by atoms with van der Waals surface area (Å²) in [7, 11) is 0. The number of nitrogens with zero attached hydrogens (tertiary/aromatic N) is 1. The summed E-state index contributed by atoms with van der Waals surface area (Å²) < 4.78 is 4.68. The fourth-order valence-electron chi connectivity index (χ4n) is 2.85. The van der Waals surface area contributed by atoms with Crippen LogP contribution in [0, 0.1) is 3.57 Å². The molecule has 4 rings (SSSR count). The molecule has 4 aromatic rings. The Labute approximate surface area is 144 Å². The van der Waals surface area contributed by atoms with Gasteiger partial charge in [-0.3, -0.25) is 0 Å². The molecular weight excluding hydrogens is 437 g/mol. The van der Waals surface area contributed by atoms with Gasteiger partial charge in [0.1, 0.15) is 0 Å². The van der Waals surface area contributed by atoms with E-state index in [0.29, 0.717) is 0 Å². The van der Waals surface area contributed by atoms with Gasteiger partial charge in [0.2, 0.25) is 0 Å². The van der Waals surface area contributed by atoms with Crippen molar-refractivity contribution < 1.29 is 0 Å².